The van der Waals surface area contributed by atoms with Crippen LogP contribution in [0, 0.1) is 0 Å². The summed E-state index contributed by atoms with van der Waals surface area (Å²) in [5, 5.41) is 8.88. The van der Waals surface area contributed by atoms with E-state index in [0.717, 1.165) is 0 Å². The van der Waals surface area contributed by atoms with Gasteiger partial charge >= 0.3 is 0 Å². The summed E-state index contributed by atoms with van der Waals surface area (Å²) in [6, 6.07) is 0. The normalized spacial score (nSPS) is 27.8. The molecular formula is C8H17NO3S. The van der Waals surface area contributed by atoms with Gasteiger partial charge in [0.05, 0.1) is 11.4 Å². The van der Waals surface area contributed by atoms with E-state index in [2.05, 4.69) is 0 Å². The molecule has 13 heavy (non-hydrogen) atoms. The fourth-order valence-corrected chi connectivity index (χ4v) is 3.08. The fraction of sp³-hybridized carbons (Fsp3) is 1.00. The minimum Gasteiger partial charge on any atom is -0.392 e. The smallest absolute Gasteiger partial charge is 0.216 e. The average molecular weight is 207 g/mol. The molecule has 0 spiro atoms. The van der Waals surface area contributed by atoms with Gasteiger partial charge in [-0.2, -0.15) is 4.31 Å². The summed E-state index contributed by atoms with van der Waals surface area (Å²) in [6.45, 7) is 4.30. The molecular weight excluding hydrogens is 190 g/mol. The Balaban J connectivity index is 2.71. The molecule has 5 heteroatoms. The van der Waals surface area contributed by atoms with Gasteiger partial charge in [-0.3, -0.25) is 0 Å². The van der Waals surface area contributed by atoms with Crippen LogP contribution in [-0.4, -0.2) is 42.3 Å². The first-order valence-corrected chi connectivity index (χ1v) is 6.15. The van der Waals surface area contributed by atoms with E-state index in [1.807, 2.05) is 6.92 Å². The van der Waals surface area contributed by atoms with Gasteiger partial charge < -0.3 is 5.11 Å². The molecule has 1 aliphatic heterocycles. The predicted octanol–water partition coefficient (Wildman–Crippen LogP) is 0.181. The molecule has 0 radical (unpaired) electrons. The number of rotatable bonds is 3. The van der Waals surface area contributed by atoms with Crippen LogP contribution in [-0.2, 0) is 10.0 Å². The minimum absolute atomic E-state index is 0.271. The third kappa shape index (κ3) is 2.21. The van der Waals surface area contributed by atoms with Gasteiger partial charge in [0.15, 0.2) is 0 Å². The highest BCUT2D eigenvalue weighted by Gasteiger charge is 2.33. The maximum atomic E-state index is 11.7. The van der Waals surface area contributed by atoms with Crippen molar-refractivity contribution < 1.29 is 13.5 Å². The number of aliphatic hydroxyl groups excluding tert-OH is 1. The molecule has 0 aromatic heterocycles. The number of aliphatic hydroxyl groups is 1. The van der Waals surface area contributed by atoms with Crippen LogP contribution in [0.2, 0.25) is 0 Å². The van der Waals surface area contributed by atoms with Crippen molar-refractivity contribution in [3.05, 3.63) is 0 Å². The Hall–Kier alpha value is -0.130. The molecule has 0 bridgehead atoms. The number of sulfonamides is 1. The van der Waals surface area contributed by atoms with Gasteiger partial charge in [-0.25, -0.2) is 8.42 Å². The molecule has 1 saturated heterocycles. The molecule has 1 aliphatic rings. The fourth-order valence-electron chi connectivity index (χ4n) is 1.41. The van der Waals surface area contributed by atoms with Crippen LogP contribution in [0.1, 0.15) is 26.7 Å². The van der Waals surface area contributed by atoms with Crippen molar-refractivity contribution in [2.45, 2.75) is 38.0 Å². The number of hydrogen-bond donors (Lipinski definition) is 1. The first kappa shape index (κ1) is 10.9. The van der Waals surface area contributed by atoms with Crippen LogP contribution in [0.5, 0.6) is 0 Å². The van der Waals surface area contributed by atoms with E-state index < -0.39 is 16.1 Å². The Labute approximate surface area is 79.6 Å². The van der Waals surface area contributed by atoms with Crippen LogP contribution >= 0.6 is 0 Å². The summed E-state index contributed by atoms with van der Waals surface area (Å²) in [7, 11) is -3.15. The van der Waals surface area contributed by atoms with Gasteiger partial charge in [0.1, 0.15) is 0 Å². The lowest BCUT2D eigenvalue weighted by Gasteiger charge is -2.19. The third-order valence-corrected chi connectivity index (χ3v) is 4.97. The lowest BCUT2D eigenvalue weighted by atomic mass is 10.3. The van der Waals surface area contributed by atoms with Gasteiger partial charge in [-0.15, -0.1) is 0 Å². The Morgan fingerprint density at radius 3 is 2.62 bits per heavy atom. The molecule has 1 heterocycles. The lowest BCUT2D eigenvalue weighted by molar-refractivity contribution is 0.189. The maximum absolute atomic E-state index is 11.7. The standard InChI is InChI=1S/C8H17NO3S/c1-3-7(2)13(11,12)9-5-4-8(10)6-9/h7-8,10H,3-6H2,1-2H3/t7?,8-/m0/s1. The van der Waals surface area contributed by atoms with Crippen molar-refractivity contribution in [1.29, 1.82) is 0 Å². The summed E-state index contributed by atoms with van der Waals surface area (Å²) in [4.78, 5) is 0. The van der Waals surface area contributed by atoms with Crippen LogP contribution in [0.4, 0.5) is 0 Å². The van der Waals surface area contributed by atoms with Crippen molar-refractivity contribution in [3.63, 3.8) is 0 Å². The van der Waals surface area contributed by atoms with Crippen molar-refractivity contribution in [1.82, 2.24) is 4.31 Å². The molecule has 1 N–H and O–H groups in total. The largest absolute Gasteiger partial charge is 0.392 e. The predicted molar refractivity (Wildman–Crippen MR) is 50.9 cm³/mol. The van der Waals surface area contributed by atoms with Gasteiger partial charge in [0.25, 0.3) is 0 Å². The molecule has 0 aromatic carbocycles. The SMILES string of the molecule is CCC(C)S(=O)(=O)N1CC[C@H](O)C1. The number of hydrogen-bond acceptors (Lipinski definition) is 3. The number of β-amino-alcohol motifs (C(OH)–C–C–N with tert-alkyl or cyclic N) is 1. The molecule has 1 fully saturated rings. The van der Waals surface area contributed by atoms with Crippen molar-refractivity contribution >= 4 is 10.0 Å². The second-order valence-corrected chi connectivity index (χ2v) is 5.92. The van der Waals surface area contributed by atoms with Crippen LogP contribution in [0.3, 0.4) is 0 Å². The third-order valence-electron chi connectivity index (χ3n) is 2.57. The molecule has 78 valence electrons. The van der Waals surface area contributed by atoms with Crippen molar-refractivity contribution in [2.24, 2.45) is 0 Å². The molecule has 2 atom stereocenters. The van der Waals surface area contributed by atoms with Gasteiger partial charge in [0, 0.05) is 13.1 Å². The lowest BCUT2D eigenvalue weighted by Crippen LogP contribution is -2.36. The van der Waals surface area contributed by atoms with E-state index in [-0.39, 0.29) is 11.8 Å². The van der Waals surface area contributed by atoms with E-state index in [0.29, 0.717) is 19.4 Å². The quantitative estimate of drug-likeness (QED) is 0.718. The van der Waals surface area contributed by atoms with E-state index >= 15 is 0 Å². The first-order chi connectivity index (χ1) is 5.98. The number of nitrogens with zero attached hydrogens (tertiary/aromatic N) is 1. The van der Waals surface area contributed by atoms with Crippen LogP contribution in [0.25, 0.3) is 0 Å². The van der Waals surface area contributed by atoms with Crippen LogP contribution in [0.15, 0.2) is 0 Å². The Morgan fingerprint density at radius 2 is 2.23 bits per heavy atom. The van der Waals surface area contributed by atoms with E-state index in [4.69, 9.17) is 0 Å². The maximum Gasteiger partial charge on any atom is 0.216 e. The zero-order chi connectivity index (χ0) is 10.1. The topological polar surface area (TPSA) is 57.6 Å². The second kappa shape index (κ2) is 3.94. The van der Waals surface area contributed by atoms with E-state index in [1.54, 1.807) is 6.92 Å². The highest BCUT2D eigenvalue weighted by atomic mass is 32.2. The Bertz CT molecular complexity index is 263. The molecule has 0 amide bonds. The molecule has 1 rings (SSSR count). The molecule has 0 saturated carbocycles. The van der Waals surface area contributed by atoms with E-state index in [9.17, 15) is 13.5 Å². The molecule has 1 unspecified atom stereocenters. The Morgan fingerprint density at radius 1 is 1.62 bits per heavy atom. The molecule has 0 aliphatic carbocycles. The van der Waals surface area contributed by atoms with Gasteiger partial charge in [-0.1, -0.05) is 6.92 Å². The van der Waals surface area contributed by atoms with Gasteiger partial charge in [-0.05, 0) is 19.8 Å². The highest BCUT2D eigenvalue weighted by molar-refractivity contribution is 7.89. The summed E-state index contributed by atoms with van der Waals surface area (Å²) in [6.07, 6.45) is 0.712. The molecule has 4 nitrogen and oxygen atoms in total. The average Bonchev–Trinajstić information content (AvgIpc) is 2.50. The van der Waals surface area contributed by atoms with Gasteiger partial charge in [0.2, 0.25) is 10.0 Å². The monoisotopic (exact) mass is 207 g/mol. The zero-order valence-electron chi connectivity index (χ0n) is 8.10. The highest BCUT2D eigenvalue weighted by Crippen LogP contribution is 2.18. The van der Waals surface area contributed by atoms with E-state index in [1.165, 1.54) is 4.31 Å². The summed E-state index contributed by atoms with van der Waals surface area (Å²) in [5.41, 5.74) is 0. The second-order valence-electron chi connectivity index (χ2n) is 3.56. The molecule has 0 aromatic rings. The summed E-state index contributed by atoms with van der Waals surface area (Å²) < 4.78 is 24.8. The zero-order valence-corrected chi connectivity index (χ0v) is 8.92. The van der Waals surface area contributed by atoms with Crippen molar-refractivity contribution in [3.8, 4) is 0 Å². The summed E-state index contributed by atoms with van der Waals surface area (Å²) in [5.74, 6) is 0. The Kier molecular flexibility index (Phi) is 3.32. The first-order valence-electron chi connectivity index (χ1n) is 4.65. The summed E-state index contributed by atoms with van der Waals surface area (Å²) >= 11 is 0. The minimum atomic E-state index is -3.15. The van der Waals surface area contributed by atoms with Crippen LogP contribution < -0.4 is 0 Å². The van der Waals surface area contributed by atoms with Crippen molar-refractivity contribution in [2.75, 3.05) is 13.1 Å².